The van der Waals surface area contributed by atoms with E-state index in [-0.39, 0.29) is 0 Å². The van der Waals surface area contributed by atoms with Gasteiger partial charge >= 0.3 is 0 Å². The summed E-state index contributed by atoms with van der Waals surface area (Å²) in [7, 11) is 2.05. The van der Waals surface area contributed by atoms with Crippen LogP contribution in [0.3, 0.4) is 0 Å². The van der Waals surface area contributed by atoms with Crippen LogP contribution in [0.4, 0.5) is 0 Å². The van der Waals surface area contributed by atoms with Crippen LogP contribution in [0.5, 0.6) is 0 Å². The Labute approximate surface area is 126 Å². The topological polar surface area (TPSA) is 24.9 Å². The smallest absolute Gasteiger partial charge is 0.0419 e. The molecule has 0 aliphatic heterocycles. The first-order valence-electron chi connectivity index (χ1n) is 7.45. The van der Waals surface area contributed by atoms with Crippen molar-refractivity contribution in [3.8, 4) is 0 Å². The van der Waals surface area contributed by atoms with Gasteiger partial charge in [-0.1, -0.05) is 19.1 Å². The number of likely N-dealkylation sites (N-methyl/N-ethyl adjacent to an activating group) is 1. The fourth-order valence-electron chi connectivity index (χ4n) is 2.36. The molecule has 1 unspecified atom stereocenters. The summed E-state index contributed by atoms with van der Waals surface area (Å²) < 4.78 is 0. The predicted molar refractivity (Wildman–Crippen MR) is 87.4 cm³/mol. The molecule has 0 spiro atoms. The Bertz CT molecular complexity index is 476. The van der Waals surface area contributed by atoms with Crippen molar-refractivity contribution < 1.29 is 0 Å². The Morgan fingerprint density at radius 3 is 2.80 bits per heavy atom. The van der Waals surface area contributed by atoms with Gasteiger partial charge in [-0.15, -0.1) is 11.3 Å². The maximum absolute atomic E-state index is 4.56. The van der Waals surface area contributed by atoms with E-state index in [1.807, 2.05) is 17.5 Å². The highest BCUT2D eigenvalue weighted by atomic mass is 32.1. The molecule has 1 N–H and O–H groups in total. The van der Waals surface area contributed by atoms with Crippen molar-refractivity contribution in [2.75, 3.05) is 7.05 Å². The minimum absolute atomic E-state index is 0.523. The zero-order valence-corrected chi connectivity index (χ0v) is 13.2. The van der Waals surface area contributed by atoms with Crippen molar-refractivity contribution >= 4 is 11.3 Å². The molecule has 1 atom stereocenters. The molecule has 0 saturated heterocycles. The van der Waals surface area contributed by atoms with Gasteiger partial charge in [-0.25, -0.2) is 0 Å². The molecular weight excluding hydrogens is 264 g/mol. The first-order chi connectivity index (χ1) is 9.81. The lowest BCUT2D eigenvalue weighted by Crippen LogP contribution is -2.28. The maximum Gasteiger partial charge on any atom is 0.0419 e. The number of hydrogen-bond donors (Lipinski definition) is 1. The molecule has 2 nitrogen and oxygen atoms in total. The average molecular weight is 288 g/mol. The van der Waals surface area contributed by atoms with Crippen LogP contribution in [0.15, 0.2) is 35.8 Å². The molecule has 0 aliphatic carbocycles. The molecular formula is C17H24N2S. The summed E-state index contributed by atoms with van der Waals surface area (Å²) >= 11 is 1.86. The van der Waals surface area contributed by atoms with Crippen molar-refractivity contribution in [3.05, 3.63) is 52.0 Å². The quantitative estimate of drug-likeness (QED) is 0.798. The molecule has 20 heavy (non-hydrogen) atoms. The van der Waals surface area contributed by atoms with E-state index in [9.17, 15) is 0 Å². The fraction of sp³-hybridized carbons (Fsp3) is 0.471. The largest absolute Gasteiger partial charge is 0.317 e. The summed E-state index contributed by atoms with van der Waals surface area (Å²) in [6, 6.07) is 9.25. The van der Waals surface area contributed by atoms with E-state index in [0.717, 1.165) is 12.8 Å². The van der Waals surface area contributed by atoms with E-state index in [2.05, 4.69) is 53.9 Å². The van der Waals surface area contributed by atoms with Crippen molar-refractivity contribution in [1.82, 2.24) is 10.3 Å². The van der Waals surface area contributed by atoms with Gasteiger partial charge in [0.15, 0.2) is 0 Å². The summed E-state index contributed by atoms with van der Waals surface area (Å²) in [6.45, 7) is 2.16. The molecule has 0 amide bonds. The Morgan fingerprint density at radius 1 is 1.30 bits per heavy atom. The molecule has 2 heterocycles. The van der Waals surface area contributed by atoms with Gasteiger partial charge in [0.05, 0.1) is 0 Å². The standard InChI is InChI=1S/C17H24N2S/c1-3-14-9-10-16(19-13-14)12-15(18-2)6-4-7-17-8-5-11-20-17/h5,8-11,13,15,18H,3-4,6-7,12H2,1-2H3. The highest BCUT2D eigenvalue weighted by Crippen LogP contribution is 2.14. The van der Waals surface area contributed by atoms with Gasteiger partial charge in [0.25, 0.3) is 0 Å². The summed E-state index contributed by atoms with van der Waals surface area (Å²) in [5, 5.41) is 5.58. The van der Waals surface area contributed by atoms with E-state index in [1.165, 1.54) is 35.4 Å². The molecule has 2 aromatic heterocycles. The van der Waals surface area contributed by atoms with Crippen molar-refractivity contribution in [1.29, 1.82) is 0 Å². The molecule has 0 aliphatic rings. The summed E-state index contributed by atoms with van der Waals surface area (Å²) in [4.78, 5) is 6.05. The molecule has 2 rings (SSSR count). The highest BCUT2D eigenvalue weighted by Gasteiger charge is 2.08. The SMILES string of the molecule is CCc1ccc(CC(CCCc2cccs2)NC)nc1. The average Bonchev–Trinajstić information content (AvgIpc) is 3.00. The summed E-state index contributed by atoms with van der Waals surface area (Å²) in [5.41, 5.74) is 2.50. The van der Waals surface area contributed by atoms with Crippen LogP contribution in [0.25, 0.3) is 0 Å². The highest BCUT2D eigenvalue weighted by molar-refractivity contribution is 7.09. The lowest BCUT2D eigenvalue weighted by Gasteiger charge is -2.15. The van der Waals surface area contributed by atoms with Crippen LogP contribution in [-0.4, -0.2) is 18.1 Å². The molecule has 108 valence electrons. The lowest BCUT2D eigenvalue weighted by molar-refractivity contribution is 0.498. The van der Waals surface area contributed by atoms with Crippen LogP contribution in [0.2, 0.25) is 0 Å². The van der Waals surface area contributed by atoms with Crippen LogP contribution in [0.1, 0.15) is 35.9 Å². The molecule has 0 bridgehead atoms. The fourth-order valence-corrected chi connectivity index (χ4v) is 3.11. The van der Waals surface area contributed by atoms with Gasteiger partial charge in [0.2, 0.25) is 0 Å². The van der Waals surface area contributed by atoms with Crippen molar-refractivity contribution in [3.63, 3.8) is 0 Å². The summed E-state index contributed by atoms with van der Waals surface area (Å²) in [5.74, 6) is 0. The van der Waals surface area contributed by atoms with Gasteiger partial charge < -0.3 is 5.32 Å². The molecule has 0 saturated carbocycles. The third-order valence-electron chi connectivity index (χ3n) is 3.71. The van der Waals surface area contributed by atoms with E-state index in [4.69, 9.17) is 0 Å². The van der Waals surface area contributed by atoms with Gasteiger partial charge in [0, 0.05) is 29.2 Å². The number of rotatable bonds is 8. The zero-order valence-electron chi connectivity index (χ0n) is 12.4. The first-order valence-corrected chi connectivity index (χ1v) is 8.33. The third kappa shape index (κ3) is 4.73. The van der Waals surface area contributed by atoms with Crippen LogP contribution in [0, 0.1) is 0 Å². The van der Waals surface area contributed by atoms with Gasteiger partial charge in [-0.3, -0.25) is 4.98 Å². The van der Waals surface area contributed by atoms with Gasteiger partial charge in [0.1, 0.15) is 0 Å². The van der Waals surface area contributed by atoms with E-state index >= 15 is 0 Å². The summed E-state index contributed by atoms with van der Waals surface area (Å²) in [6.07, 6.45) is 7.71. The molecule has 0 aromatic carbocycles. The minimum atomic E-state index is 0.523. The van der Waals surface area contributed by atoms with Crippen LogP contribution < -0.4 is 5.32 Å². The second-order valence-corrected chi connectivity index (χ2v) is 6.20. The zero-order chi connectivity index (χ0) is 14.2. The first kappa shape index (κ1) is 15.2. The number of thiophene rings is 1. The van der Waals surface area contributed by atoms with E-state index in [1.54, 1.807) is 0 Å². The predicted octanol–water partition coefficient (Wildman–Crippen LogP) is 3.86. The molecule has 0 radical (unpaired) electrons. The Balaban J connectivity index is 1.78. The second kappa shape index (κ2) is 8.18. The van der Waals surface area contributed by atoms with E-state index < -0.39 is 0 Å². The monoisotopic (exact) mass is 288 g/mol. The number of hydrogen-bond acceptors (Lipinski definition) is 3. The van der Waals surface area contributed by atoms with Crippen LogP contribution in [-0.2, 0) is 19.3 Å². The molecule has 2 aromatic rings. The van der Waals surface area contributed by atoms with Gasteiger partial charge in [-0.2, -0.15) is 0 Å². The molecule has 3 heteroatoms. The lowest BCUT2D eigenvalue weighted by atomic mass is 10.0. The number of nitrogens with one attached hydrogen (secondary N) is 1. The number of nitrogens with zero attached hydrogens (tertiary/aromatic N) is 1. The number of pyridine rings is 1. The normalized spacial score (nSPS) is 12.5. The number of aromatic nitrogens is 1. The molecule has 0 fully saturated rings. The van der Waals surface area contributed by atoms with Crippen LogP contribution >= 0.6 is 11.3 Å². The Hall–Kier alpha value is -1.19. The second-order valence-electron chi connectivity index (χ2n) is 5.17. The Kier molecular flexibility index (Phi) is 6.22. The van der Waals surface area contributed by atoms with E-state index in [0.29, 0.717) is 6.04 Å². The maximum atomic E-state index is 4.56. The van der Waals surface area contributed by atoms with Crippen molar-refractivity contribution in [2.24, 2.45) is 0 Å². The van der Waals surface area contributed by atoms with Crippen molar-refractivity contribution in [2.45, 2.75) is 45.1 Å². The Morgan fingerprint density at radius 2 is 2.20 bits per heavy atom. The number of aryl methyl sites for hydroxylation is 2. The van der Waals surface area contributed by atoms with Gasteiger partial charge in [-0.05, 0) is 55.8 Å². The minimum Gasteiger partial charge on any atom is -0.317 e. The third-order valence-corrected chi connectivity index (χ3v) is 4.65.